The third-order valence-corrected chi connectivity index (χ3v) is 3.58. The first-order chi connectivity index (χ1) is 9.97. The summed E-state index contributed by atoms with van der Waals surface area (Å²) in [5.74, 6) is 0.517. The Morgan fingerprint density at radius 3 is 2.38 bits per heavy atom. The molecule has 0 aromatic heterocycles. The Balaban J connectivity index is 2.02. The molecule has 0 heterocycles. The number of nitrogens with one attached hydrogen (secondary N) is 2. The first kappa shape index (κ1) is 15.4. The number of amidine groups is 1. The van der Waals surface area contributed by atoms with Gasteiger partial charge >= 0.3 is 0 Å². The standard InChI is InChI=1S/C17H20ClN3/c1-12-10-15(18)8-9-16(12)20-11-13-4-6-14(7-5-13)17(19)21(2)3/h4-10,19-20H,11H2,1-3H3. The normalized spacial score (nSPS) is 10.3. The predicted octanol–water partition coefficient (Wildman–Crippen LogP) is 4.15. The van der Waals surface area contributed by atoms with Crippen LogP contribution in [0.15, 0.2) is 42.5 Å². The summed E-state index contributed by atoms with van der Waals surface area (Å²) in [4.78, 5) is 1.80. The zero-order valence-electron chi connectivity index (χ0n) is 12.6. The fourth-order valence-corrected chi connectivity index (χ4v) is 2.29. The van der Waals surface area contributed by atoms with E-state index < -0.39 is 0 Å². The Morgan fingerprint density at radius 1 is 1.14 bits per heavy atom. The summed E-state index contributed by atoms with van der Waals surface area (Å²) in [6, 6.07) is 13.9. The van der Waals surface area contributed by atoms with Crippen molar-refractivity contribution in [2.75, 3.05) is 19.4 Å². The van der Waals surface area contributed by atoms with Crippen LogP contribution in [0.2, 0.25) is 5.02 Å². The van der Waals surface area contributed by atoms with Crippen LogP contribution in [-0.2, 0) is 6.54 Å². The summed E-state index contributed by atoms with van der Waals surface area (Å²) in [6.45, 7) is 2.79. The van der Waals surface area contributed by atoms with Crippen molar-refractivity contribution in [1.29, 1.82) is 5.41 Å². The predicted molar refractivity (Wildman–Crippen MR) is 90.5 cm³/mol. The molecule has 0 amide bonds. The van der Waals surface area contributed by atoms with Gasteiger partial charge in [-0.1, -0.05) is 35.9 Å². The molecule has 0 saturated carbocycles. The SMILES string of the molecule is Cc1cc(Cl)ccc1NCc1ccc(C(=N)N(C)C)cc1. The third kappa shape index (κ3) is 3.99. The number of anilines is 1. The molecular formula is C17H20ClN3. The van der Waals surface area contributed by atoms with Crippen molar-refractivity contribution in [2.24, 2.45) is 0 Å². The van der Waals surface area contributed by atoms with E-state index in [2.05, 4.69) is 5.32 Å². The van der Waals surface area contributed by atoms with Gasteiger partial charge in [-0.15, -0.1) is 0 Å². The van der Waals surface area contributed by atoms with Crippen LogP contribution in [-0.4, -0.2) is 24.8 Å². The molecule has 0 spiro atoms. The molecule has 0 bridgehead atoms. The van der Waals surface area contributed by atoms with Gasteiger partial charge < -0.3 is 10.2 Å². The highest BCUT2D eigenvalue weighted by atomic mass is 35.5. The number of hydrogen-bond acceptors (Lipinski definition) is 2. The van der Waals surface area contributed by atoms with E-state index in [4.69, 9.17) is 17.0 Å². The van der Waals surface area contributed by atoms with Crippen LogP contribution in [0.1, 0.15) is 16.7 Å². The van der Waals surface area contributed by atoms with E-state index in [9.17, 15) is 0 Å². The fourth-order valence-electron chi connectivity index (χ4n) is 2.06. The van der Waals surface area contributed by atoms with Crippen molar-refractivity contribution in [3.63, 3.8) is 0 Å². The average Bonchev–Trinajstić information content (AvgIpc) is 2.46. The van der Waals surface area contributed by atoms with Gasteiger partial charge in [0.15, 0.2) is 0 Å². The molecule has 2 rings (SSSR count). The second-order valence-corrected chi connectivity index (χ2v) is 5.69. The van der Waals surface area contributed by atoms with E-state index >= 15 is 0 Å². The van der Waals surface area contributed by atoms with Crippen LogP contribution in [0.4, 0.5) is 5.69 Å². The summed E-state index contributed by atoms with van der Waals surface area (Å²) in [5.41, 5.74) is 4.32. The van der Waals surface area contributed by atoms with Crippen molar-refractivity contribution in [2.45, 2.75) is 13.5 Å². The zero-order valence-corrected chi connectivity index (χ0v) is 13.3. The first-order valence-electron chi connectivity index (χ1n) is 6.82. The van der Waals surface area contributed by atoms with Gasteiger partial charge in [0, 0.05) is 36.9 Å². The van der Waals surface area contributed by atoms with Crippen LogP contribution >= 0.6 is 11.6 Å². The molecule has 110 valence electrons. The zero-order chi connectivity index (χ0) is 15.4. The Kier molecular flexibility index (Phi) is 4.86. The van der Waals surface area contributed by atoms with E-state index in [0.717, 1.165) is 28.4 Å². The first-order valence-corrected chi connectivity index (χ1v) is 7.20. The second kappa shape index (κ2) is 6.64. The summed E-state index contributed by atoms with van der Waals surface area (Å²) in [7, 11) is 3.75. The highest BCUT2D eigenvalue weighted by Gasteiger charge is 2.04. The maximum Gasteiger partial charge on any atom is 0.127 e. The van der Waals surface area contributed by atoms with E-state index in [1.54, 1.807) is 4.90 Å². The number of benzene rings is 2. The molecule has 0 unspecified atom stereocenters. The van der Waals surface area contributed by atoms with E-state index in [0.29, 0.717) is 5.84 Å². The molecule has 0 fully saturated rings. The second-order valence-electron chi connectivity index (χ2n) is 5.25. The molecule has 21 heavy (non-hydrogen) atoms. The molecule has 4 heteroatoms. The number of nitrogens with zero attached hydrogens (tertiary/aromatic N) is 1. The van der Waals surface area contributed by atoms with Gasteiger partial charge in [0.1, 0.15) is 5.84 Å². The van der Waals surface area contributed by atoms with Crippen LogP contribution in [0.25, 0.3) is 0 Å². The summed E-state index contributed by atoms with van der Waals surface area (Å²) < 4.78 is 0. The molecule has 3 nitrogen and oxygen atoms in total. The minimum atomic E-state index is 0.517. The van der Waals surface area contributed by atoms with Crippen LogP contribution in [0.3, 0.4) is 0 Å². The minimum Gasteiger partial charge on any atom is -0.381 e. The molecule has 0 saturated heterocycles. The van der Waals surface area contributed by atoms with Gasteiger partial charge in [0.2, 0.25) is 0 Å². The summed E-state index contributed by atoms with van der Waals surface area (Å²) >= 11 is 5.95. The smallest absolute Gasteiger partial charge is 0.127 e. The quantitative estimate of drug-likeness (QED) is 0.658. The number of hydrogen-bond donors (Lipinski definition) is 2. The Morgan fingerprint density at radius 2 is 1.81 bits per heavy atom. The van der Waals surface area contributed by atoms with Gasteiger partial charge in [0.25, 0.3) is 0 Å². The lowest BCUT2D eigenvalue weighted by atomic mass is 10.1. The van der Waals surface area contributed by atoms with Gasteiger partial charge in [0.05, 0.1) is 0 Å². The van der Waals surface area contributed by atoms with E-state index in [-0.39, 0.29) is 0 Å². The Hall–Kier alpha value is -2.00. The van der Waals surface area contributed by atoms with Gasteiger partial charge in [-0.05, 0) is 36.2 Å². The Labute approximate surface area is 131 Å². The number of rotatable bonds is 4. The van der Waals surface area contributed by atoms with Crippen molar-refractivity contribution in [3.05, 3.63) is 64.2 Å². The Bertz CT molecular complexity index is 633. The number of halogens is 1. The van der Waals surface area contributed by atoms with E-state index in [1.807, 2.05) is 63.5 Å². The highest BCUT2D eigenvalue weighted by Crippen LogP contribution is 2.20. The molecule has 2 aromatic rings. The van der Waals surface area contributed by atoms with Gasteiger partial charge in [-0.2, -0.15) is 0 Å². The number of aryl methyl sites for hydroxylation is 1. The third-order valence-electron chi connectivity index (χ3n) is 3.35. The lowest BCUT2D eigenvalue weighted by molar-refractivity contribution is 0.619. The summed E-state index contributed by atoms with van der Waals surface area (Å²) in [5, 5.41) is 12.1. The van der Waals surface area contributed by atoms with Crippen molar-refractivity contribution < 1.29 is 0 Å². The van der Waals surface area contributed by atoms with Gasteiger partial charge in [-0.3, -0.25) is 5.41 Å². The highest BCUT2D eigenvalue weighted by molar-refractivity contribution is 6.30. The van der Waals surface area contributed by atoms with Crippen LogP contribution in [0.5, 0.6) is 0 Å². The van der Waals surface area contributed by atoms with Crippen LogP contribution < -0.4 is 5.32 Å². The topological polar surface area (TPSA) is 39.1 Å². The molecule has 0 aliphatic carbocycles. The molecule has 2 aromatic carbocycles. The molecule has 0 aliphatic rings. The largest absolute Gasteiger partial charge is 0.381 e. The maximum absolute atomic E-state index is 7.94. The minimum absolute atomic E-state index is 0.517. The van der Waals surface area contributed by atoms with Crippen molar-refractivity contribution in [3.8, 4) is 0 Å². The van der Waals surface area contributed by atoms with Gasteiger partial charge in [-0.25, -0.2) is 0 Å². The van der Waals surface area contributed by atoms with Crippen molar-refractivity contribution >= 4 is 23.1 Å². The molecule has 0 atom stereocenters. The maximum atomic E-state index is 7.94. The lowest BCUT2D eigenvalue weighted by Gasteiger charge is -2.14. The lowest BCUT2D eigenvalue weighted by Crippen LogP contribution is -2.21. The molecule has 0 radical (unpaired) electrons. The fraction of sp³-hybridized carbons (Fsp3) is 0.235. The van der Waals surface area contributed by atoms with Crippen LogP contribution in [0, 0.1) is 12.3 Å². The molecule has 2 N–H and O–H groups in total. The monoisotopic (exact) mass is 301 g/mol. The summed E-state index contributed by atoms with van der Waals surface area (Å²) in [6.07, 6.45) is 0. The van der Waals surface area contributed by atoms with E-state index in [1.165, 1.54) is 5.56 Å². The average molecular weight is 302 g/mol. The molecular weight excluding hydrogens is 282 g/mol. The molecule has 0 aliphatic heterocycles. The van der Waals surface area contributed by atoms with Crippen molar-refractivity contribution in [1.82, 2.24) is 4.90 Å².